The number of hydrogen-bond donors (Lipinski definition) is 1. The number of halogens is 1. The average Bonchev–Trinajstić information content (AvgIpc) is 3.02. The van der Waals surface area contributed by atoms with Gasteiger partial charge in [0.25, 0.3) is 0 Å². The van der Waals surface area contributed by atoms with Crippen LogP contribution in [0.1, 0.15) is 54.9 Å². The molecule has 3 aliphatic carbocycles. The Balaban J connectivity index is 1.66. The molecule has 2 bridgehead atoms. The van der Waals surface area contributed by atoms with E-state index in [1.165, 1.54) is 30.1 Å². The minimum absolute atomic E-state index is 0.0912. The first-order valence-electron chi connectivity index (χ1n) is 13.7. The zero-order valence-electron chi connectivity index (χ0n) is 24.1. The second kappa shape index (κ2) is 8.98. The first kappa shape index (κ1) is 28.0. The van der Waals surface area contributed by atoms with Crippen LogP contribution in [-0.2, 0) is 19.0 Å². The lowest BCUT2D eigenvalue weighted by atomic mass is 9.59. The largest absolute Gasteiger partial charge is 0.438 e. The Bertz CT molecular complexity index is 1270. The molecule has 212 valence electrons. The summed E-state index contributed by atoms with van der Waals surface area (Å²) in [5.41, 5.74) is -2.11. The van der Waals surface area contributed by atoms with Gasteiger partial charge in [-0.2, -0.15) is 0 Å². The van der Waals surface area contributed by atoms with Crippen molar-refractivity contribution in [1.82, 2.24) is 0 Å². The molecule has 1 amide bonds. The molecule has 1 aliphatic heterocycles. The maximum absolute atomic E-state index is 14.8. The van der Waals surface area contributed by atoms with E-state index in [2.05, 4.69) is 20.8 Å². The molecule has 0 aromatic heterocycles. The van der Waals surface area contributed by atoms with Crippen molar-refractivity contribution in [3.8, 4) is 0 Å². The van der Waals surface area contributed by atoms with Crippen molar-refractivity contribution in [2.75, 3.05) is 18.6 Å². The minimum Gasteiger partial charge on any atom is -0.438 e. The van der Waals surface area contributed by atoms with E-state index < -0.39 is 52.3 Å². The zero-order chi connectivity index (χ0) is 28.7. The predicted molar refractivity (Wildman–Crippen MR) is 144 cm³/mol. The number of ether oxygens (including phenoxy) is 3. The second-order valence-electron chi connectivity index (χ2n) is 13.0. The fourth-order valence-electron chi connectivity index (χ4n) is 7.33. The fraction of sp³-hybridized carbons (Fsp3) is 0.613. The number of hydrogen-bond acceptors (Lipinski definition) is 6. The molecule has 1 saturated heterocycles. The molecule has 2 fully saturated rings. The van der Waals surface area contributed by atoms with Crippen LogP contribution < -0.4 is 4.90 Å². The van der Waals surface area contributed by atoms with Gasteiger partial charge in [0.15, 0.2) is 23.3 Å². The van der Waals surface area contributed by atoms with Crippen LogP contribution in [0.5, 0.6) is 0 Å². The molecule has 7 atom stereocenters. The van der Waals surface area contributed by atoms with Gasteiger partial charge in [-0.05, 0) is 73.8 Å². The molecule has 1 aromatic carbocycles. The van der Waals surface area contributed by atoms with Gasteiger partial charge in [0.2, 0.25) is 0 Å². The van der Waals surface area contributed by atoms with E-state index in [-0.39, 0.29) is 24.2 Å². The highest BCUT2D eigenvalue weighted by Gasteiger charge is 2.74. The number of allylic oxidation sites excluding steroid dienone is 1. The number of ketones is 1. The zero-order valence-corrected chi connectivity index (χ0v) is 24.1. The molecule has 1 N–H and O–H groups in total. The molecule has 1 spiro atoms. The van der Waals surface area contributed by atoms with Crippen LogP contribution in [0.25, 0.3) is 0 Å². The molecular weight excluding hydrogens is 501 g/mol. The highest BCUT2D eigenvalue weighted by atomic mass is 19.1. The Morgan fingerprint density at radius 2 is 1.87 bits per heavy atom. The van der Waals surface area contributed by atoms with E-state index >= 15 is 0 Å². The first-order valence-corrected chi connectivity index (χ1v) is 13.7. The van der Waals surface area contributed by atoms with Gasteiger partial charge in [-0.3, -0.25) is 9.69 Å². The Labute approximate surface area is 230 Å². The van der Waals surface area contributed by atoms with Crippen molar-refractivity contribution < 1.29 is 33.3 Å². The van der Waals surface area contributed by atoms with Gasteiger partial charge in [-0.25, -0.2) is 9.18 Å². The molecule has 1 saturated carbocycles. The SMILES string of the molecule is CC1=C[C@]23C(=O)[C@@H](C=C4COC(C)(C)O[C@H]4[C@]2(O)[C@H]1OC(=O)N(C)c1cccc(F)c1)C(C)(C)[C@@H](C)C[C@H]3C. The summed E-state index contributed by atoms with van der Waals surface area (Å²) in [4.78, 5) is 29.4. The number of carbonyl (C=O) groups excluding carboxylic acids is 2. The lowest BCUT2D eigenvalue weighted by Crippen LogP contribution is -2.68. The Morgan fingerprint density at radius 3 is 2.54 bits per heavy atom. The number of carbonyl (C=O) groups is 2. The molecule has 8 heteroatoms. The van der Waals surface area contributed by atoms with Gasteiger partial charge in [-0.1, -0.05) is 45.9 Å². The molecular formula is C31H40FNO6. The van der Waals surface area contributed by atoms with Gasteiger partial charge >= 0.3 is 6.09 Å². The van der Waals surface area contributed by atoms with E-state index in [0.717, 1.165) is 0 Å². The third-order valence-corrected chi connectivity index (χ3v) is 9.97. The van der Waals surface area contributed by atoms with Crippen LogP contribution in [-0.4, -0.2) is 54.2 Å². The van der Waals surface area contributed by atoms with E-state index in [9.17, 15) is 19.1 Å². The van der Waals surface area contributed by atoms with Gasteiger partial charge in [0, 0.05) is 18.7 Å². The van der Waals surface area contributed by atoms with Gasteiger partial charge in [-0.15, -0.1) is 0 Å². The third kappa shape index (κ3) is 3.93. The Kier molecular flexibility index (Phi) is 6.45. The topological polar surface area (TPSA) is 85.3 Å². The van der Waals surface area contributed by atoms with Crippen molar-refractivity contribution in [2.45, 2.75) is 78.5 Å². The summed E-state index contributed by atoms with van der Waals surface area (Å²) < 4.78 is 32.4. The number of anilines is 1. The maximum Gasteiger partial charge on any atom is 0.414 e. The number of Topliss-reactive ketones (excluding diaryl/α,β-unsaturated/α-hetero) is 1. The van der Waals surface area contributed by atoms with Crippen molar-refractivity contribution in [1.29, 1.82) is 0 Å². The predicted octanol–water partition coefficient (Wildman–Crippen LogP) is 5.42. The lowest BCUT2D eigenvalue weighted by Gasteiger charge is -2.52. The van der Waals surface area contributed by atoms with Crippen LogP contribution in [0.15, 0.2) is 47.6 Å². The molecule has 4 aliphatic rings. The summed E-state index contributed by atoms with van der Waals surface area (Å²) >= 11 is 0. The summed E-state index contributed by atoms with van der Waals surface area (Å²) in [5.74, 6) is -2.20. The summed E-state index contributed by atoms with van der Waals surface area (Å²) in [7, 11) is 1.48. The van der Waals surface area contributed by atoms with Crippen LogP contribution >= 0.6 is 0 Å². The summed E-state index contributed by atoms with van der Waals surface area (Å²) in [6.45, 7) is 13.9. The third-order valence-electron chi connectivity index (χ3n) is 9.97. The number of fused-ring (bicyclic) bond motifs is 3. The Morgan fingerprint density at radius 1 is 1.18 bits per heavy atom. The van der Waals surface area contributed by atoms with E-state index in [4.69, 9.17) is 14.2 Å². The Hall–Kier alpha value is -2.55. The number of aliphatic hydroxyl groups is 1. The smallest absolute Gasteiger partial charge is 0.414 e. The second-order valence-corrected chi connectivity index (χ2v) is 13.0. The van der Waals surface area contributed by atoms with E-state index in [0.29, 0.717) is 23.3 Å². The maximum atomic E-state index is 14.8. The fourth-order valence-corrected chi connectivity index (χ4v) is 7.33. The van der Waals surface area contributed by atoms with Crippen LogP contribution in [0.3, 0.4) is 0 Å². The number of nitrogens with zero attached hydrogens (tertiary/aromatic N) is 1. The van der Waals surface area contributed by atoms with E-state index in [1.54, 1.807) is 26.8 Å². The molecule has 5 rings (SSSR count). The molecule has 39 heavy (non-hydrogen) atoms. The number of rotatable bonds is 2. The van der Waals surface area contributed by atoms with Gasteiger partial charge in [0.05, 0.1) is 12.0 Å². The average molecular weight is 542 g/mol. The molecule has 0 radical (unpaired) electrons. The molecule has 1 heterocycles. The summed E-state index contributed by atoms with van der Waals surface area (Å²) in [6.07, 6.45) is 1.57. The summed E-state index contributed by atoms with van der Waals surface area (Å²) in [5, 5.41) is 13.1. The highest BCUT2D eigenvalue weighted by molar-refractivity contribution is 5.95. The molecule has 1 aromatic rings. The standard InChI is InChI=1S/C31H40FNO6/c1-17-15-30-19(3)12-18(2)28(4,5)23(24(30)34)13-20-16-37-29(6,7)39-26(20)31(30,36)25(17)38-27(35)33(8)22-11-9-10-21(32)14-22/h9-11,13-15,18-19,23,25-26,36H,12,16H2,1-8H3/t18-,19+,23+,25-,26+,30-,31+/m0/s1. The van der Waals surface area contributed by atoms with Crippen molar-refractivity contribution in [2.24, 2.45) is 28.6 Å². The normalized spacial score (nSPS) is 38.4. The van der Waals surface area contributed by atoms with Gasteiger partial charge < -0.3 is 19.3 Å². The van der Waals surface area contributed by atoms with Crippen LogP contribution in [0.4, 0.5) is 14.9 Å². The van der Waals surface area contributed by atoms with Crippen molar-refractivity contribution in [3.63, 3.8) is 0 Å². The monoisotopic (exact) mass is 541 g/mol. The lowest BCUT2D eigenvalue weighted by molar-refractivity contribution is -0.302. The van der Waals surface area contributed by atoms with Gasteiger partial charge in [0.1, 0.15) is 11.9 Å². The molecule has 7 nitrogen and oxygen atoms in total. The van der Waals surface area contributed by atoms with Crippen LogP contribution in [0, 0.1) is 34.4 Å². The number of amides is 1. The van der Waals surface area contributed by atoms with Crippen molar-refractivity contribution >= 4 is 17.6 Å². The van der Waals surface area contributed by atoms with Crippen LogP contribution in [0.2, 0.25) is 0 Å². The highest BCUT2D eigenvalue weighted by Crippen LogP contribution is 2.63. The molecule has 0 unspecified atom stereocenters. The summed E-state index contributed by atoms with van der Waals surface area (Å²) in [6, 6.07) is 5.63. The quantitative estimate of drug-likeness (QED) is 0.503. The minimum atomic E-state index is -1.92. The first-order chi connectivity index (χ1) is 18.1. The van der Waals surface area contributed by atoms with Crippen molar-refractivity contribution in [3.05, 3.63) is 53.4 Å². The van der Waals surface area contributed by atoms with E-state index in [1.807, 2.05) is 19.1 Å². The number of benzene rings is 1.